The number of rotatable bonds is 8. The predicted molar refractivity (Wildman–Crippen MR) is 205 cm³/mol. The van der Waals surface area contributed by atoms with Gasteiger partial charge in [0, 0.05) is 22.6 Å². The summed E-state index contributed by atoms with van der Waals surface area (Å²) in [6.45, 7) is 26.5. The highest BCUT2D eigenvalue weighted by atomic mass is 16.5. The number of aromatic nitrogens is 5. The molecule has 3 saturated carbocycles. The van der Waals surface area contributed by atoms with Gasteiger partial charge in [0.1, 0.15) is 18.3 Å². The van der Waals surface area contributed by atoms with Crippen molar-refractivity contribution in [2.45, 2.75) is 132 Å². The molecule has 1 aliphatic heterocycles. The molecule has 0 radical (unpaired) electrons. The predicted octanol–water partition coefficient (Wildman–Crippen LogP) is 8.01. The second-order valence-electron chi connectivity index (χ2n) is 20.6. The molecular weight excluding hydrogens is 665 g/mol. The number of carboxylic acids is 1. The van der Waals surface area contributed by atoms with Crippen LogP contribution in [0.25, 0.3) is 11.5 Å². The summed E-state index contributed by atoms with van der Waals surface area (Å²) in [4.78, 5) is 27.1. The number of allylic oxidation sites excluding steroid dienone is 1. The molecule has 53 heavy (non-hydrogen) atoms. The number of nitrogens with two attached hydrogens (primary N) is 1. The molecular formula is C43H66N6O4. The fraction of sp³-hybridized carbons (Fsp3) is 0.791. The van der Waals surface area contributed by atoms with Gasteiger partial charge >= 0.3 is 5.97 Å². The molecule has 0 amide bonds. The summed E-state index contributed by atoms with van der Waals surface area (Å²) in [5, 5.41) is 16.1. The van der Waals surface area contributed by atoms with E-state index in [2.05, 4.69) is 96.9 Å². The normalized spacial score (nSPS) is 41.4. The standard InChI is InChI=1S/C43H66N6O4/c1-26(2)27(3)38(7)17-18-40(9)28-12-13-32-39(8)21-52-23-43(32,29(28)14-16-41(40,10)33(38)36(50)51)20-31(34(39)53-22-42(11,44)37(4,5)6)49-35(47-25-48-49)30-15-19-45-24-46-30/h14-15,19,24-28,31-34H,12-13,16-18,20-23,44H2,1-11H3,(H,50,51)/t27-,28+,31-,32+,33-,34+,38-,39+,40-,41+,42+,43+/m1/s1. The van der Waals surface area contributed by atoms with Crippen molar-refractivity contribution < 1.29 is 19.4 Å². The lowest BCUT2D eigenvalue weighted by Gasteiger charge is -2.71. The third-order valence-corrected chi connectivity index (χ3v) is 17.1. The molecule has 10 nitrogen and oxygen atoms in total. The monoisotopic (exact) mass is 731 g/mol. The molecule has 3 N–H and O–H groups in total. The van der Waals surface area contributed by atoms with Crippen LogP contribution < -0.4 is 5.73 Å². The van der Waals surface area contributed by atoms with Crippen LogP contribution in [0, 0.1) is 62.1 Å². The maximum Gasteiger partial charge on any atom is 0.307 e. The highest BCUT2D eigenvalue weighted by Crippen LogP contribution is 2.75. The highest BCUT2D eigenvalue weighted by molar-refractivity contribution is 5.73. The largest absolute Gasteiger partial charge is 0.481 e. The molecule has 3 heterocycles. The third kappa shape index (κ3) is 5.45. The Kier molecular flexibility index (Phi) is 9.22. The van der Waals surface area contributed by atoms with Crippen molar-refractivity contribution in [3.8, 4) is 11.5 Å². The lowest BCUT2D eigenvalue weighted by Crippen LogP contribution is -2.69. The molecule has 1 saturated heterocycles. The third-order valence-electron chi connectivity index (χ3n) is 17.1. The van der Waals surface area contributed by atoms with Gasteiger partial charge < -0.3 is 20.3 Å². The van der Waals surface area contributed by atoms with Crippen molar-refractivity contribution >= 4 is 5.97 Å². The van der Waals surface area contributed by atoms with Crippen molar-refractivity contribution in [3.63, 3.8) is 0 Å². The van der Waals surface area contributed by atoms with Crippen LogP contribution in [0.15, 0.2) is 36.6 Å². The number of nitrogens with zero attached hydrogens (tertiary/aromatic N) is 5. The average Bonchev–Trinajstić information content (AvgIpc) is 3.57. The van der Waals surface area contributed by atoms with Crippen molar-refractivity contribution in [2.75, 3.05) is 19.8 Å². The Bertz CT molecular complexity index is 1730. The van der Waals surface area contributed by atoms with E-state index in [1.54, 1.807) is 18.9 Å². The maximum atomic E-state index is 13.6. The second kappa shape index (κ2) is 12.7. The smallest absolute Gasteiger partial charge is 0.307 e. The van der Waals surface area contributed by atoms with Crippen LogP contribution in [-0.2, 0) is 14.3 Å². The summed E-state index contributed by atoms with van der Waals surface area (Å²) in [5.41, 5.74) is 7.07. The first-order chi connectivity index (χ1) is 24.7. The first kappa shape index (κ1) is 38.6. The number of aliphatic carboxylic acids is 1. The molecule has 0 aromatic carbocycles. The van der Waals surface area contributed by atoms with E-state index in [9.17, 15) is 9.90 Å². The zero-order valence-electron chi connectivity index (χ0n) is 34.3. The van der Waals surface area contributed by atoms with Crippen LogP contribution in [0.5, 0.6) is 0 Å². The Morgan fingerprint density at radius 2 is 1.79 bits per heavy atom. The van der Waals surface area contributed by atoms with Gasteiger partial charge in [-0.1, -0.05) is 80.9 Å². The fourth-order valence-electron chi connectivity index (χ4n) is 12.7. The first-order valence-corrected chi connectivity index (χ1v) is 20.3. The highest BCUT2D eigenvalue weighted by Gasteiger charge is 2.72. The Morgan fingerprint density at radius 1 is 1.06 bits per heavy atom. The minimum Gasteiger partial charge on any atom is -0.481 e. The molecule has 12 atom stereocenters. The van der Waals surface area contributed by atoms with Crippen LogP contribution in [0.4, 0.5) is 0 Å². The lowest BCUT2D eigenvalue weighted by atomic mass is 9.34. The number of carboxylic acid groups (broad SMARTS) is 1. The Labute approximate surface area is 317 Å². The van der Waals surface area contributed by atoms with Gasteiger partial charge in [-0.15, -0.1) is 0 Å². The molecule has 4 aliphatic carbocycles. The summed E-state index contributed by atoms with van der Waals surface area (Å²) in [6, 6.07) is 1.73. The van der Waals surface area contributed by atoms with E-state index in [0.29, 0.717) is 43.4 Å². The van der Waals surface area contributed by atoms with Crippen molar-refractivity contribution in [2.24, 2.45) is 67.8 Å². The molecule has 4 fully saturated rings. The van der Waals surface area contributed by atoms with Gasteiger partial charge in [0.05, 0.1) is 37.9 Å². The van der Waals surface area contributed by atoms with E-state index in [1.807, 2.05) is 6.07 Å². The van der Waals surface area contributed by atoms with E-state index < -0.39 is 17.4 Å². The molecule has 2 aromatic heterocycles. The topological polar surface area (TPSA) is 138 Å². The number of carbonyl (C=O) groups is 1. The van der Waals surface area contributed by atoms with E-state index in [4.69, 9.17) is 25.3 Å². The fourth-order valence-corrected chi connectivity index (χ4v) is 12.7. The zero-order chi connectivity index (χ0) is 38.6. The van der Waals surface area contributed by atoms with Crippen LogP contribution >= 0.6 is 0 Å². The Balaban J connectivity index is 1.35. The van der Waals surface area contributed by atoms with E-state index >= 15 is 0 Å². The lowest BCUT2D eigenvalue weighted by molar-refractivity contribution is -0.253. The van der Waals surface area contributed by atoms with E-state index in [-0.39, 0.29) is 50.6 Å². The average molecular weight is 731 g/mol. The Hall–Kier alpha value is -2.69. The van der Waals surface area contributed by atoms with Crippen LogP contribution in [0.2, 0.25) is 0 Å². The number of hydrogen-bond donors (Lipinski definition) is 2. The van der Waals surface area contributed by atoms with Crippen molar-refractivity contribution in [1.82, 2.24) is 24.7 Å². The van der Waals surface area contributed by atoms with E-state index in [1.165, 1.54) is 5.57 Å². The number of fused-ring (bicyclic) bond motifs is 3. The van der Waals surface area contributed by atoms with Crippen LogP contribution in [0.1, 0.15) is 121 Å². The molecule has 2 aromatic rings. The summed E-state index contributed by atoms with van der Waals surface area (Å²) in [6.07, 6.45) is 12.8. The zero-order valence-corrected chi connectivity index (χ0v) is 34.3. The SMILES string of the molecule is CC(C)[C@@H](C)[C@@]1(C)CC[C@]2(C)[C@H]3CC[C@@H]4[C@@]5(COC[C@]4(C)[C@@H](OC[C@](C)(N)C(C)(C)C)[C@H](n4ncnc4-c4ccncn4)C5)C3=CC[C@@]2(C)[C@@H]1C(=O)O. The van der Waals surface area contributed by atoms with Gasteiger partial charge in [-0.25, -0.2) is 19.6 Å². The summed E-state index contributed by atoms with van der Waals surface area (Å²) in [5.74, 6) is 0.956. The van der Waals surface area contributed by atoms with Crippen LogP contribution in [0.3, 0.4) is 0 Å². The van der Waals surface area contributed by atoms with Gasteiger partial charge in [0.2, 0.25) is 0 Å². The minimum absolute atomic E-state index is 0.155. The summed E-state index contributed by atoms with van der Waals surface area (Å²) < 4.78 is 16.0. The van der Waals surface area contributed by atoms with Crippen LogP contribution in [-0.4, -0.2) is 67.3 Å². The Morgan fingerprint density at radius 3 is 2.43 bits per heavy atom. The first-order valence-electron chi connectivity index (χ1n) is 20.3. The van der Waals surface area contributed by atoms with E-state index in [0.717, 1.165) is 44.2 Å². The number of ether oxygens (including phenoxy) is 2. The molecule has 10 heteroatoms. The summed E-state index contributed by atoms with van der Waals surface area (Å²) in [7, 11) is 0. The van der Waals surface area contributed by atoms with Gasteiger partial charge in [0.15, 0.2) is 5.82 Å². The quantitative estimate of drug-likeness (QED) is 0.259. The van der Waals surface area contributed by atoms with Gasteiger partial charge in [-0.2, -0.15) is 5.10 Å². The second-order valence-corrected chi connectivity index (χ2v) is 20.6. The van der Waals surface area contributed by atoms with Crippen molar-refractivity contribution in [3.05, 3.63) is 36.6 Å². The minimum atomic E-state index is -0.631. The molecule has 0 unspecified atom stereocenters. The molecule has 7 rings (SSSR count). The molecule has 0 spiro atoms. The maximum absolute atomic E-state index is 13.6. The molecule has 5 aliphatic rings. The number of hydrogen-bond acceptors (Lipinski definition) is 8. The van der Waals surface area contributed by atoms with Gasteiger partial charge in [-0.05, 0) is 96.8 Å². The van der Waals surface area contributed by atoms with Gasteiger partial charge in [-0.3, -0.25) is 4.79 Å². The van der Waals surface area contributed by atoms with Crippen molar-refractivity contribution in [1.29, 1.82) is 0 Å². The molecule has 2 bridgehead atoms. The van der Waals surface area contributed by atoms with Gasteiger partial charge in [0.25, 0.3) is 0 Å². The summed E-state index contributed by atoms with van der Waals surface area (Å²) >= 11 is 0. The molecule has 292 valence electrons.